The Kier molecular flexibility index (Phi) is 5.61. The molecule has 2 aromatic rings. The van der Waals surface area contributed by atoms with E-state index in [2.05, 4.69) is 16.0 Å². The van der Waals surface area contributed by atoms with Crippen molar-refractivity contribution in [2.75, 3.05) is 0 Å². The minimum absolute atomic E-state index is 0.0597. The molecule has 1 aromatic carbocycles. The molecule has 0 atom stereocenters. The van der Waals surface area contributed by atoms with Crippen molar-refractivity contribution in [3.05, 3.63) is 59.2 Å². The van der Waals surface area contributed by atoms with Crippen molar-refractivity contribution < 1.29 is 9.59 Å². The SMILES string of the molecule is Cc1cccc(CN(C(=O)c2cnc(C(N)=O)cn2)C2CCCCC2)c1. The second-order valence-electron chi connectivity index (χ2n) is 6.87. The van der Waals surface area contributed by atoms with Gasteiger partial charge in [0.1, 0.15) is 11.4 Å². The number of hydrogen-bond donors (Lipinski definition) is 1. The first-order chi connectivity index (χ1) is 12.5. The van der Waals surface area contributed by atoms with E-state index in [-0.39, 0.29) is 23.3 Å². The van der Waals surface area contributed by atoms with Crippen LogP contribution in [0.4, 0.5) is 0 Å². The van der Waals surface area contributed by atoms with Crippen LogP contribution in [0.2, 0.25) is 0 Å². The molecule has 1 saturated carbocycles. The van der Waals surface area contributed by atoms with Crippen molar-refractivity contribution in [2.45, 2.75) is 51.6 Å². The molecule has 0 radical (unpaired) electrons. The highest BCUT2D eigenvalue weighted by atomic mass is 16.2. The monoisotopic (exact) mass is 352 g/mol. The maximum Gasteiger partial charge on any atom is 0.274 e. The number of aryl methyl sites for hydroxylation is 1. The van der Waals surface area contributed by atoms with Crippen LogP contribution in [0.25, 0.3) is 0 Å². The van der Waals surface area contributed by atoms with Crippen LogP contribution in [-0.2, 0) is 6.54 Å². The molecule has 0 spiro atoms. The molecule has 6 heteroatoms. The van der Waals surface area contributed by atoms with E-state index in [0.717, 1.165) is 31.2 Å². The van der Waals surface area contributed by atoms with E-state index in [4.69, 9.17) is 5.73 Å². The molecule has 136 valence electrons. The van der Waals surface area contributed by atoms with E-state index in [9.17, 15) is 9.59 Å². The molecule has 0 aliphatic heterocycles. The first kappa shape index (κ1) is 18.0. The van der Waals surface area contributed by atoms with E-state index in [0.29, 0.717) is 6.54 Å². The highest BCUT2D eigenvalue weighted by Crippen LogP contribution is 2.25. The van der Waals surface area contributed by atoms with E-state index in [1.54, 1.807) is 0 Å². The van der Waals surface area contributed by atoms with Crippen LogP contribution < -0.4 is 5.73 Å². The molecule has 0 bridgehead atoms. The molecule has 2 N–H and O–H groups in total. The molecule has 2 amide bonds. The minimum Gasteiger partial charge on any atom is -0.364 e. The Labute approximate surface area is 153 Å². The van der Waals surface area contributed by atoms with Gasteiger partial charge in [0.25, 0.3) is 11.8 Å². The summed E-state index contributed by atoms with van der Waals surface area (Å²) in [6, 6.07) is 8.40. The number of nitrogens with two attached hydrogens (primary N) is 1. The zero-order chi connectivity index (χ0) is 18.5. The van der Waals surface area contributed by atoms with Gasteiger partial charge in [0.2, 0.25) is 0 Å². The molecule has 1 aliphatic carbocycles. The fraction of sp³-hybridized carbons (Fsp3) is 0.400. The third kappa shape index (κ3) is 4.25. The molecular weight excluding hydrogens is 328 g/mol. The maximum atomic E-state index is 13.1. The number of rotatable bonds is 5. The fourth-order valence-electron chi connectivity index (χ4n) is 3.48. The second kappa shape index (κ2) is 8.08. The number of aromatic nitrogens is 2. The fourth-order valence-corrected chi connectivity index (χ4v) is 3.48. The standard InChI is InChI=1S/C20H24N4O2/c1-14-6-5-7-15(10-14)13-24(16-8-3-2-4-9-16)20(26)18-12-22-17(11-23-18)19(21)25/h5-7,10-12,16H,2-4,8-9,13H2,1H3,(H2,21,25). The number of amides is 2. The lowest BCUT2D eigenvalue weighted by Crippen LogP contribution is -2.41. The Bertz CT molecular complexity index is 783. The van der Waals surface area contributed by atoms with Crippen molar-refractivity contribution in [3.63, 3.8) is 0 Å². The molecule has 1 aliphatic rings. The summed E-state index contributed by atoms with van der Waals surface area (Å²) in [6.07, 6.45) is 8.10. The average Bonchev–Trinajstić information content (AvgIpc) is 2.66. The molecule has 1 heterocycles. The van der Waals surface area contributed by atoms with E-state index >= 15 is 0 Å². The summed E-state index contributed by atoms with van der Waals surface area (Å²) >= 11 is 0. The summed E-state index contributed by atoms with van der Waals surface area (Å²) < 4.78 is 0. The van der Waals surface area contributed by atoms with Crippen molar-refractivity contribution in [1.29, 1.82) is 0 Å². The van der Waals surface area contributed by atoms with Gasteiger partial charge < -0.3 is 10.6 Å². The average molecular weight is 352 g/mol. The van der Waals surface area contributed by atoms with Gasteiger partial charge in [-0.05, 0) is 25.3 Å². The van der Waals surface area contributed by atoms with Gasteiger partial charge in [-0.25, -0.2) is 9.97 Å². The summed E-state index contributed by atoms with van der Waals surface area (Å²) in [5.74, 6) is -0.803. The van der Waals surface area contributed by atoms with Crippen LogP contribution in [0.15, 0.2) is 36.7 Å². The summed E-state index contributed by atoms with van der Waals surface area (Å²) in [6.45, 7) is 2.59. The number of carbonyl (C=O) groups excluding carboxylic acids is 2. The summed E-state index contributed by atoms with van der Waals surface area (Å²) in [7, 11) is 0. The molecule has 0 unspecified atom stereocenters. The van der Waals surface area contributed by atoms with Gasteiger partial charge in [-0.15, -0.1) is 0 Å². The molecule has 1 fully saturated rings. The number of benzene rings is 1. The Morgan fingerprint density at radius 1 is 1.12 bits per heavy atom. The van der Waals surface area contributed by atoms with Gasteiger partial charge in [0, 0.05) is 12.6 Å². The smallest absolute Gasteiger partial charge is 0.274 e. The topological polar surface area (TPSA) is 89.2 Å². The van der Waals surface area contributed by atoms with Crippen molar-refractivity contribution in [2.24, 2.45) is 5.73 Å². The molecule has 0 saturated heterocycles. The number of carbonyl (C=O) groups is 2. The highest BCUT2D eigenvalue weighted by Gasteiger charge is 2.27. The third-order valence-electron chi connectivity index (χ3n) is 4.84. The maximum absolute atomic E-state index is 13.1. The van der Waals surface area contributed by atoms with Crippen LogP contribution in [0.3, 0.4) is 0 Å². The van der Waals surface area contributed by atoms with Crippen molar-refractivity contribution >= 4 is 11.8 Å². The zero-order valence-corrected chi connectivity index (χ0v) is 15.0. The predicted molar refractivity (Wildman–Crippen MR) is 98.5 cm³/mol. The minimum atomic E-state index is -0.652. The zero-order valence-electron chi connectivity index (χ0n) is 15.0. The van der Waals surface area contributed by atoms with Gasteiger partial charge >= 0.3 is 0 Å². The normalized spacial score (nSPS) is 14.8. The van der Waals surface area contributed by atoms with Gasteiger partial charge in [-0.3, -0.25) is 9.59 Å². The lowest BCUT2D eigenvalue weighted by atomic mass is 9.93. The molecule has 6 nitrogen and oxygen atoms in total. The van der Waals surface area contributed by atoms with Crippen LogP contribution in [0.5, 0.6) is 0 Å². The highest BCUT2D eigenvalue weighted by molar-refractivity contribution is 5.94. The summed E-state index contributed by atoms with van der Waals surface area (Å²) in [5.41, 5.74) is 7.77. The largest absolute Gasteiger partial charge is 0.364 e. The van der Waals surface area contributed by atoms with E-state index in [1.807, 2.05) is 30.0 Å². The lowest BCUT2D eigenvalue weighted by molar-refractivity contribution is 0.0607. The predicted octanol–water partition coefficient (Wildman–Crippen LogP) is 2.86. The third-order valence-corrected chi connectivity index (χ3v) is 4.84. The Balaban J connectivity index is 1.86. The number of primary amides is 1. The van der Waals surface area contributed by atoms with E-state index < -0.39 is 5.91 Å². The van der Waals surface area contributed by atoms with E-state index in [1.165, 1.54) is 24.4 Å². The molecular formula is C20H24N4O2. The number of nitrogens with zero attached hydrogens (tertiary/aromatic N) is 3. The number of hydrogen-bond acceptors (Lipinski definition) is 4. The Morgan fingerprint density at radius 3 is 2.42 bits per heavy atom. The first-order valence-corrected chi connectivity index (χ1v) is 9.03. The van der Waals surface area contributed by atoms with Gasteiger partial charge in [0.15, 0.2) is 0 Å². The molecule has 26 heavy (non-hydrogen) atoms. The summed E-state index contributed by atoms with van der Waals surface area (Å²) in [5, 5.41) is 0. The van der Waals surface area contributed by atoms with Crippen molar-refractivity contribution in [3.8, 4) is 0 Å². The van der Waals surface area contributed by atoms with Gasteiger partial charge in [-0.1, -0.05) is 49.1 Å². The Hall–Kier alpha value is -2.76. The second-order valence-corrected chi connectivity index (χ2v) is 6.87. The molecule has 1 aromatic heterocycles. The van der Waals surface area contributed by atoms with Crippen LogP contribution >= 0.6 is 0 Å². The van der Waals surface area contributed by atoms with Crippen LogP contribution in [0.1, 0.15) is 64.2 Å². The van der Waals surface area contributed by atoms with Crippen LogP contribution in [-0.4, -0.2) is 32.7 Å². The first-order valence-electron chi connectivity index (χ1n) is 9.03. The summed E-state index contributed by atoms with van der Waals surface area (Å²) in [4.78, 5) is 34.3. The lowest BCUT2D eigenvalue weighted by Gasteiger charge is -2.34. The van der Waals surface area contributed by atoms with Crippen LogP contribution in [0, 0.1) is 6.92 Å². The molecule has 3 rings (SSSR count). The van der Waals surface area contributed by atoms with Gasteiger partial charge in [0.05, 0.1) is 12.4 Å². The van der Waals surface area contributed by atoms with Crippen molar-refractivity contribution in [1.82, 2.24) is 14.9 Å². The van der Waals surface area contributed by atoms with Gasteiger partial charge in [-0.2, -0.15) is 0 Å². The Morgan fingerprint density at radius 2 is 1.81 bits per heavy atom. The quantitative estimate of drug-likeness (QED) is 0.896.